The first kappa shape index (κ1) is 18.9. The SMILES string of the molecule is CCc1nccn1CCN1CCN(S(=O)(=O)c2ccc(F)cc2F)CC1. The van der Waals surface area contributed by atoms with Crippen molar-refractivity contribution in [2.75, 3.05) is 32.7 Å². The van der Waals surface area contributed by atoms with Gasteiger partial charge in [-0.25, -0.2) is 22.2 Å². The quantitative estimate of drug-likeness (QED) is 0.761. The monoisotopic (exact) mass is 384 g/mol. The fourth-order valence-electron chi connectivity index (χ4n) is 3.12. The molecule has 1 aliphatic rings. The minimum Gasteiger partial charge on any atom is -0.334 e. The van der Waals surface area contributed by atoms with Crippen LogP contribution in [0.25, 0.3) is 0 Å². The standard InChI is InChI=1S/C17H22F2N4O2S/c1-2-17-20-5-6-22(17)10-7-21-8-11-23(12-9-21)26(24,25)16-4-3-14(18)13-15(16)19/h3-6,13H,2,7-12H2,1H3. The van der Waals surface area contributed by atoms with E-state index in [0.29, 0.717) is 19.2 Å². The Bertz CT molecular complexity index is 861. The fraction of sp³-hybridized carbons (Fsp3) is 0.471. The topological polar surface area (TPSA) is 58.4 Å². The van der Waals surface area contributed by atoms with Gasteiger partial charge in [0.05, 0.1) is 0 Å². The normalized spacial score (nSPS) is 16.9. The number of rotatable bonds is 6. The number of imidazole rings is 1. The Morgan fingerprint density at radius 2 is 1.85 bits per heavy atom. The minimum absolute atomic E-state index is 0.281. The summed E-state index contributed by atoms with van der Waals surface area (Å²) in [6.45, 7) is 5.34. The van der Waals surface area contributed by atoms with Crippen molar-refractivity contribution < 1.29 is 17.2 Å². The van der Waals surface area contributed by atoms with Crippen LogP contribution in [0.2, 0.25) is 0 Å². The van der Waals surface area contributed by atoms with Gasteiger partial charge < -0.3 is 4.57 Å². The van der Waals surface area contributed by atoms with Gasteiger partial charge in [-0.1, -0.05) is 6.92 Å². The van der Waals surface area contributed by atoms with E-state index in [1.807, 2.05) is 6.20 Å². The smallest absolute Gasteiger partial charge is 0.246 e. The van der Waals surface area contributed by atoms with Gasteiger partial charge in [0, 0.05) is 64.1 Å². The summed E-state index contributed by atoms with van der Waals surface area (Å²) >= 11 is 0. The Hall–Kier alpha value is -1.84. The third-order valence-electron chi connectivity index (χ3n) is 4.62. The predicted octanol–water partition coefficient (Wildman–Crippen LogP) is 1.73. The molecule has 0 N–H and O–H groups in total. The second kappa shape index (κ2) is 7.81. The van der Waals surface area contributed by atoms with Crippen LogP contribution in [-0.4, -0.2) is 59.9 Å². The zero-order chi connectivity index (χ0) is 18.7. The van der Waals surface area contributed by atoms with Gasteiger partial charge in [-0.3, -0.25) is 4.90 Å². The van der Waals surface area contributed by atoms with Crippen LogP contribution in [0.1, 0.15) is 12.7 Å². The molecule has 142 valence electrons. The maximum Gasteiger partial charge on any atom is 0.246 e. The summed E-state index contributed by atoms with van der Waals surface area (Å²) in [6.07, 6.45) is 4.58. The van der Waals surface area contributed by atoms with E-state index in [2.05, 4.69) is 21.4 Å². The molecular weight excluding hydrogens is 362 g/mol. The van der Waals surface area contributed by atoms with Crippen LogP contribution in [0, 0.1) is 11.6 Å². The average molecular weight is 384 g/mol. The van der Waals surface area contributed by atoms with E-state index in [9.17, 15) is 17.2 Å². The summed E-state index contributed by atoms with van der Waals surface area (Å²) < 4.78 is 55.4. The molecule has 0 bridgehead atoms. The molecule has 26 heavy (non-hydrogen) atoms. The third-order valence-corrected chi connectivity index (χ3v) is 6.55. The number of benzene rings is 1. The van der Waals surface area contributed by atoms with Gasteiger partial charge in [0.25, 0.3) is 0 Å². The highest BCUT2D eigenvalue weighted by atomic mass is 32.2. The average Bonchev–Trinajstić information content (AvgIpc) is 3.07. The van der Waals surface area contributed by atoms with Gasteiger partial charge in [-0.05, 0) is 12.1 Å². The maximum atomic E-state index is 13.9. The number of piperazine rings is 1. The van der Waals surface area contributed by atoms with Crippen molar-refractivity contribution in [3.05, 3.63) is 48.1 Å². The van der Waals surface area contributed by atoms with Gasteiger partial charge in [0.1, 0.15) is 22.4 Å². The third kappa shape index (κ3) is 3.94. The molecule has 0 radical (unpaired) electrons. The van der Waals surface area contributed by atoms with Gasteiger partial charge in [-0.15, -0.1) is 0 Å². The molecule has 1 saturated heterocycles. The Morgan fingerprint density at radius 1 is 1.12 bits per heavy atom. The van der Waals surface area contributed by atoms with Crippen LogP contribution < -0.4 is 0 Å². The second-order valence-electron chi connectivity index (χ2n) is 6.21. The molecule has 0 unspecified atom stereocenters. The van der Waals surface area contributed by atoms with Crippen LogP contribution in [-0.2, 0) is 23.0 Å². The van der Waals surface area contributed by atoms with Crippen LogP contribution in [0.4, 0.5) is 8.78 Å². The lowest BCUT2D eigenvalue weighted by molar-refractivity contribution is 0.182. The van der Waals surface area contributed by atoms with Crippen LogP contribution in [0.5, 0.6) is 0 Å². The highest BCUT2D eigenvalue weighted by molar-refractivity contribution is 7.89. The van der Waals surface area contributed by atoms with Crippen molar-refractivity contribution in [1.82, 2.24) is 18.8 Å². The predicted molar refractivity (Wildman–Crippen MR) is 93.2 cm³/mol. The summed E-state index contributed by atoms with van der Waals surface area (Å²) in [4.78, 5) is 5.98. The highest BCUT2D eigenvalue weighted by Gasteiger charge is 2.30. The van der Waals surface area contributed by atoms with Crippen LogP contribution >= 0.6 is 0 Å². The number of aromatic nitrogens is 2. The van der Waals surface area contributed by atoms with Gasteiger partial charge in [0.15, 0.2) is 0 Å². The summed E-state index contributed by atoms with van der Waals surface area (Å²) in [5.74, 6) is -0.824. The molecule has 2 heterocycles. The molecule has 0 amide bonds. The number of nitrogens with zero attached hydrogens (tertiary/aromatic N) is 4. The lowest BCUT2D eigenvalue weighted by atomic mass is 10.3. The number of sulfonamides is 1. The van der Waals surface area contributed by atoms with Crippen molar-refractivity contribution in [1.29, 1.82) is 0 Å². The summed E-state index contributed by atoms with van der Waals surface area (Å²) in [5.41, 5.74) is 0. The first-order valence-corrected chi connectivity index (χ1v) is 10.0. The van der Waals surface area contributed by atoms with Crippen LogP contribution in [0.3, 0.4) is 0 Å². The van der Waals surface area contributed by atoms with E-state index in [1.165, 1.54) is 4.31 Å². The molecule has 6 nitrogen and oxygen atoms in total. The molecule has 1 aliphatic heterocycles. The number of hydrogen-bond acceptors (Lipinski definition) is 4. The summed E-state index contributed by atoms with van der Waals surface area (Å²) in [6, 6.07) is 2.54. The Balaban J connectivity index is 1.59. The van der Waals surface area contributed by atoms with Crippen molar-refractivity contribution in [2.45, 2.75) is 24.8 Å². The molecule has 0 atom stereocenters. The first-order chi connectivity index (χ1) is 12.4. The van der Waals surface area contributed by atoms with E-state index >= 15 is 0 Å². The molecular formula is C17H22F2N4O2S. The first-order valence-electron chi connectivity index (χ1n) is 8.59. The van der Waals surface area contributed by atoms with Crippen molar-refractivity contribution >= 4 is 10.0 Å². The van der Waals surface area contributed by atoms with E-state index in [1.54, 1.807) is 6.20 Å². The fourth-order valence-corrected chi connectivity index (χ4v) is 4.59. The Kier molecular flexibility index (Phi) is 5.69. The van der Waals surface area contributed by atoms with E-state index in [0.717, 1.165) is 37.5 Å². The number of hydrogen-bond donors (Lipinski definition) is 0. The van der Waals surface area contributed by atoms with Crippen LogP contribution in [0.15, 0.2) is 35.5 Å². The molecule has 0 aliphatic carbocycles. The molecule has 9 heteroatoms. The molecule has 1 aromatic carbocycles. The lowest BCUT2D eigenvalue weighted by Crippen LogP contribution is -2.49. The molecule has 3 rings (SSSR count). The van der Waals surface area contributed by atoms with Gasteiger partial charge in [-0.2, -0.15) is 4.31 Å². The minimum atomic E-state index is -3.95. The lowest BCUT2D eigenvalue weighted by Gasteiger charge is -2.34. The van der Waals surface area contributed by atoms with Crippen molar-refractivity contribution in [2.24, 2.45) is 0 Å². The van der Waals surface area contributed by atoms with Gasteiger partial charge in [0.2, 0.25) is 10.0 Å². The zero-order valence-corrected chi connectivity index (χ0v) is 15.4. The highest BCUT2D eigenvalue weighted by Crippen LogP contribution is 2.21. The summed E-state index contributed by atoms with van der Waals surface area (Å²) in [7, 11) is -3.95. The van der Waals surface area contributed by atoms with E-state index in [-0.39, 0.29) is 13.1 Å². The zero-order valence-electron chi connectivity index (χ0n) is 14.6. The number of aryl methyl sites for hydroxylation is 1. The number of halogens is 2. The molecule has 1 fully saturated rings. The van der Waals surface area contributed by atoms with Gasteiger partial charge >= 0.3 is 0 Å². The maximum absolute atomic E-state index is 13.9. The van der Waals surface area contributed by atoms with E-state index in [4.69, 9.17) is 0 Å². The molecule has 1 aromatic heterocycles. The second-order valence-corrected chi connectivity index (χ2v) is 8.12. The van der Waals surface area contributed by atoms with E-state index < -0.39 is 26.6 Å². The van der Waals surface area contributed by atoms with Crippen molar-refractivity contribution in [3.63, 3.8) is 0 Å². The molecule has 0 spiro atoms. The molecule has 2 aromatic rings. The van der Waals surface area contributed by atoms with Crippen molar-refractivity contribution in [3.8, 4) is 0 Å². The largest absolute Gasteiger partial charge is 0.334 e. The Labute approximate surface area is 152 Å². The summed E-state index contributed by atoms with van der Waals surface area (Å²) in [5, 5.41) is 0. The molecule has 0 saturated carbocycles. The Morgan fingerprint density at radius 3 is 2.50 bits per heavy atom.